The van der Waals surface area contributed by atoms with Crippen molar-refractivity contribution in [1.82, 2.24) is 0 Å². The van der Waals surface area contributed by atoms with Crippen molar-refractivity contribution >= 4 is 10.1 Å². The number of unbranched alkanes of at least 4 members (excludes halogenated alkanes) is 1. The number of benzene rings is 1. The summed E-state index contributed by atoms with van der Waals surface area (Å²) in [7, 11) is -3.53. The highest BCUT2D eigenvalue weighted by Gasteiger charge is 2.25. The Morgan fingerprint density at radius 3 is 2.05 bits per heavy atom. The van der Waals surface area contributed by atoms with Crippen LogP contribution in [0.3, 0.4) is 0 Å². The van der Waals surface area contributed by atoms with Gasteiger partial charge >= 0.3 is 10.1 Å². The lowest BCUT2D eigenvalue weighted by molar-refractivity contribution is 0.467. The van der Waals surface area contributed by atoms with Gasteiger partial charge in [0.05, 0.1) is 5.75 Å². The summed E-state index contributed by atoms with van der Waals surface area (Å²) in [6.07, 6.45) is 1.45. The fourth-order valence-electron chi connectivity index (χ4n) is 2.15. The van der Waals surface area contributed by atoms with Crippen LogP contribution in [-0.4, -0.2) is 14.2 Å². The Bertz CT molecular complexity index is 602. The van der Waals surface area contributed by atoms with Crippen molar-refractivity contribution < 1.29 is 12.6 Å². The van der Waals surface area contributed by atoms with Crippen LogP contribution in [0.15, 0.2) is 18.2 Å². The fraction of sp³-hybridized carbons (Fsp3) is 0.667. The first-order valence-corrected chi connectivity index (χ1v) is 9.52. The van der Waals surface area contributed by atoms with Crippen molar-refractivity contribution in [2.75, 3.05) is 5.75 Å². The number of hydrogen-bond acceptors (Lipinski definition) is 3. The van der Waals surface area contributed by atoms with Crippen LogP contribution in [0.2, 0.25) is 0 Å². The molecule has 0 N–H and O–H groups in total. The number of hydrogen-bond donors (Lipinski definition) is 0. The van der Waals surface area contributed by atoms with E-state index in [4.69, 9.17) is 4.18 Å². The molecular weight excluding hydrogens is 296 g/mol. The van der Waals surface area contributed by atoms with E-state index in [1.54, 1.807) is 6.07 Å². The molecule has 0 aliphatic carbocycles. The Kier molecular flexibility index (Phi) is 5.71. The summed E-state index contributed by atoms with van der Waals surface area (Å²) in [5.74, 6) is 0.519. The van der Waals surface area contributed by atoms with Crippen molar-refractivity contribution in [2.24, 2.45) is 0 Å². The third-order valence-corrected chi connectivity index (χ3v) is 4.84. The van der Waals surface area contributed by atoms with Gasteiger partial charge in [-0.3, -0.25) is 0 Å². The molecule has 0 bridgehead atoms. The molecule has 0 saturated carbocycles. The van der Waals surface area contributed by atoms with Gasteiger partial charge in [-0.1, -0.05) is 67.0 Å². The summed E-state index contributed by atoms with van der Waals surface area (Å²) in [6.45, 7) is 14.6. The highest BCUT2D eigenvalue weighted by Crippen LogP contribution is 2.36. The molecule has 1 rings (SSSR count). The second kappa shape index (κ2) is 6.61. The van der Waals surface area contributed by atoms with Gasteiger partial charge in [0.25, 0.3) is 0 Å². The highest BCUT2D eigenvalue weighted by molar-refractivity contribution is 7.87. The van der Waals surface area contributed by atoms with E-state index in [2.05, 4.69) is 47.6 Å². The third kappa shape index (κ3) is 5.31. The summed E-state index contributed by atoms with van der Waals surface area (Å²) in [5, 5.41) is 0. The second-order valence-corrected chi connectivity index (χ2v) is 9.60. The summed E-state index contributed by atoms with van der Waals surface area (Å²) < 4.78 is 29.6. The highest BCUT2D eigenvalue weighted by atomic mass is 32.2. The lowest BCUT2D eigenvalue weighted by Gasteiger charge is -2.27. The van der Waals surface area contributed by atoms with Gasteiger partial charge in [-0.05, 0) is 28.9 Å². The molecular formula is C18H30O3S. The Hall–Kier alpha value is -1.03. The van der Waals surface area contributed by atoms with Crippen molar-refractivity contribution in [2.45, 2.75) is 72.1 Å². The topological polar surface area (TPSA) is 43.4 Å². The Labute approximate surface area is 136 Å². The van der Waals surface area contributed by atoms with E-state index in [1.807, 2.05) is 13.0 Å². The third-order valence-electron chi connectivity index (χ3n) is 3.62. The van der Waals surface area contributed by atoms with Crippen LogP contribution < -0.4 is 4.18 Å². The molecule has 0 spiro atoms. The molecule has 0 fully saturated rings. The van der Waals surface area contributed by atoms with Crippen LogP contribution in [0.1, 0.15) is 72.4 Å². The standard InChI is InChI=1S/C18H30O3S/c1-8-9-12-22(19,20)21-16-11-10-14(17(2,3)4)13-15(16)18(5,6)7/h10-11,13H,8-9,12H2,1-7H3. The minimum absolute atomic E-state index is 0.0135. The number of rotatable bonds is 5. The molecule has 0 aromatic heterocycles. The maximum Gasteiger partial charge on any atom is 0.309 e. The summed E-state index contributed by atoms with van der Waals surface area (Å²) >= 11 is 0. The van der Waals surface area contributed by atoms with E-state index in [1.165, 1.54) is 5.56 Å². The van der Waals surface area contributed by atoms with E-state index in [0.717, 1.165) is 12.0 Å². The smallest absolute Gasteiger partial charge is 0.309 e. The molecule has 0 unspecified atom stereocenters. The Morgan fingerprint density at radius 2 is 1.59 bits per heavy atom. The molecule has 0 aliphatic heterocycles. The monoisotopic (exact) mass is 326 g/mol. The predicted octanol–water partition coefficient (Wildman–Crippen LogP) is 4.79. The molecule has 0 aliphatic rings. The molecule has 4 heteroatoms. The van der Waals surface area contributed by atoms with Crippen LogP contribution in [0.4, 0.5) is 0 Å². The first kappa shape index (κ1) is 19.0. The quantitative estimate of drug-likeness (QED) is 0.731. The molecule has 1 aromatic carbocycles. The zero-order valence-corrected chi connectivity index (χ0v) is 15.8. The van der Waals surface area contributed by atoms with Crippen LogP contribution in [0.5, 0.6) is 5.75 Å². The van der Waals surface area contributed by atoms with Gasteiger partial charge < -0.3 is 4.18 Å². The zero-order chi connectivity index (χ0) is 17.2. The van der Waals surface area contributed by atoms with E-state index < -0.39 is 10.1 Å². The maximum absolute atomic E-state index is 12.1. The minimum Gasteiger partial charge on any atom is -0.382 e. The van der Waals surface area contributed by atoms with Crippen LogP contribution in [0.25, 0.3) is 0 Å². The first-order chi connectivity index (χ1) is 9.87. The van der Waals surface area contributed by atoms with Gasteiger partial charge in [0.15, 0.2) is 0 Å². The van der Waals surface area contributed by atoms with Crippen molar-refractivity contribution in [3.05, 3.63) is 29.3 Å². The van der Waals surface area contributed by atoms with Gasteiger partial charge in [-0.2, -0.15) is 8.42 Å². The summed E-state index contributed by atoms with van der Waals surface area (Å²) in [6, 6.07) is 5.83. The fourth-order valence-corrected chi connectivity index (χ4v) is 3.30. The molecule has 0 atom stereocenters. The van der Waals surface area contributed by atoms with E-state index in [0.29, 0.717) is 12.2 Å². The predicted molar refractivity (Wildman–Crippen MR) is 93.2 cm³/mol. The maximum atomic E-state index is 12.1. The summed E-state index contributed by atoms with van der Waals surface area (Å²) in [4.78, 5) is 0. The van der Waals surface area contributed by atoms with Gasteiger partial charge in [0.1, 0.15) is 5.75 Å². The van der Waals surface area contributed by atoms with Crippen molar-refractivity contribution in [3.8, 4) is 5.75 Å². The Balaban J connectivity index is 3.26. The lowest BCUT2D eigenvalue weighted by Crippen LogP contribution is -2.20. The molecule has 0 radical (unpaired) electrons. The van der Waals surface area contributed by atoms with Gasteiger partial charge in [-0.25, -0.2) is 0 Å². The molecule has 1 aromatic rings. The van der Waals surface area contributed by atoms with Crippen molar-refractivity contribution in [1.29, 1.82) is 0 Å². The second-order valence-electron chi connectivity index (χ2n) is 7.91. The van der Waals surface area contributed by atoms with Gasteiger partial charge in [0.2, 0.25) is 0 Å². The average Bonchev–Trinajstić information content (AvgIpc) is 2.33. The molecule has 0 heterocycles. The van der Waals surface area contributed by atoms with E-state index in [-0.39, 0.29) is 16.6 Å². The summed E-state index contributed by atoms with van der Waals surface area (Å²) in [5.41, 5.74) is 1.94. The lowest BCUT2D eigenvalue weighted by atomic mass is 9.80. The van der Waals surface area contributed by atoms with E-state index in [9.17, 15) is 8.42 Å². The molecule has 0 amide bonds. The van der Waals surface area contributed by atoms with Gasteiger partial charge in [0, 0.05) is 5.56 Å². The van der Waals surface area contributed by atoms with Gasteiger partial charge in [-0.15, -0.1) is 0 Å². The van der Waals surface area contributed by atoms with Crippen LogP contribution in [0, 0.1) is 0 Å². The van der Waals surface area contributed by atoms with E-state index >= 15 is 0 Å². The molecule has 126 valence electrons. The average molecular weight is 327 g/mol. The SMILES string of the molecule is CCCCS(=O)(=O)Oc1ccc(C(C)(C)C)cc1C(C)(C)C. The van der Waals surface area contributed by atoms with Crippen LogP contribution >= 0.6 is 0 Å². The normalized spacial score (nSPS) is 13.2. The van der Waals surface area contributed by atoms with Crippen molar-refractivity contribution in [3.63, 3.8) is 0 Å². The Morgan fingerprint density at radius 1 is 1.00 bits per heavy atom. The molecule has 0 saturated heterocycles. The van der Waals surface area contributed by atoms with Crippen LogP contribution in [-0.2, 0) is 20.9 Å². The minimum atomic E-state index is -3.53. The zero-order valence-electron chi connectivity index (χ0n) is 15.0. The largest absolute Gasteiger partial charge is 0.382 e. The molecule has 22 heavy (non-hydrogen) atoms. The first-order valence-electron chi connectivity index (χ1n) is 7.94. The molecule has 3 nitrogen and oxygen atoms in total.